The molecule has 0 radical (unpaired) electrons. The van der Waals surface area contributed by atoms with Crippen LogP contribution in [0.25, 0.3) is 0 Å². The number of nitrogens with zero attached hydrogens (tertiary/aromatic N) is 3. The fraction of sp³-hybridized carbons (Fsp3) is 0.667. The third-order valence-electron chi connectivity index (χ3n) is 3.09. The molecule has 0 spiro atoms. The molecular weight excluding hydrogens is 216 g/mol. The van der Waals surface area contributed by atoms with Gasteiger partial charge in [0.1, 0.15) is 18.0 Å². The Balaban J connectivity index is 2.09. The van der Waals surface area contributed by atoms with Crippen LogP contribution in [0, 0.1) is 0 Å². The summed E-state index contributed by atoms with van der Waals surface area (Å²) in [6.07, 6.45) is 4.81. The van der Waals surface area contributed by atoms with Gasteiger partial charge in [0.05, 0.1) is 12.6 Å². The second kappa shape index (κ2) is 5.82. The van der Waals surface area contributed by atoms with Gasteiger partial charge in [-0.15, -0.1) is 0 Å². The molecule has 1 fully saturated rings. The minimum Gasteiger partial charge on any atom is -0.394 e. The lowest BCUT2D eigenvalue weighted by atomic mass is 10.2. The lowest BCUT2D eigenvalue weighted by molar-refractivity contribution is 0.266. The van der Waals surface area contributed by atoms with E-state index in [-0.39, 0.29) is 12.6 Å². The topological polar surface area (TPSA) is 61.3 Å². The molecule has 1 aromatic rings. The molecule has 1 aromatic heterocycles. The van der Waals surface area contributed by atoms with Gasteiger partial charge >= 0.3 is 0 Å². The first-order valence-electron chi connectivity index (χ1n) is 6.28. The van der Waals surface area contributed by atoms with Crippen molar-refractivity contribution in [1.82, 2.24) is 9.97 Å². The van der Waals surface area contributed by atoms with Gasteiger partial charge < -0.3 is 15.3 Å². The summed E-state index contributed by atoms with van der Waals surface area (Å²) in [4.78, 5) is 10.6. The van der Waals surface area contributed by atoms with Gasteiger partial charge in [0.15, 0.2) is 0 Å². The molecular formula is C12H20N4O. The molecule has 0 aliphatic carbocycles. The average molecular weight is 236 g/mol. The molecule has 2 heterocycles. The van der Waals surface area contributed by atoms with Crippen LogP contribution < -0.4 is 10.2 Å². The fourth-order valence-corrected chi connectivity index (χ4v) is 2.18. The Morgan fingerprint density at radius 3 is 3.18 bits per heavy atom. The Bertz CT molecular complexity index is 358. The van der Waals surface area contributed by atoms with E-state index in [1.54, 1.807) is 6.33 Å². The molecule has 0 saturated carbocycles. The monoisotopic (exact) mass is 236 g/mol. The molecule has 1 atom stereocenters. The van der Waals surface area contributed by atoms with Gasteiger partial charge in [-0.1, -0.05) is 6.92 Å². The summed E-state index contributed by atoms with van der Waals surface area (Å²) in [5, 5.41) is 12.6. The minimum absolute atomic E-state index is 0.196. The summed E-state index contributed by atoms with van der Waals surface area (Å²) in [6, 6.07) is 2.17. The molecule has 2 N–H and O–H groups in total. The quantitative estimate of drug-likeness (QED) is 0.806. The van der Waals surface area contributed by atoms with E-state index in [0.29, 0.717) is 0 Å². The van der Waals surface area contributed by atoms with Gasteiger partial charge in [-0.3, -0.25) is 0 Å². The highest BCUT2D eigenvalue weighted by molar-refractivity contribution is 5.49. The van der Waals surface area contributed by atoms with Crippen LogP contribution in [0.5, 0.6) is 0 Å². The van der Waals surface area contributed by atoms with Crippen molar-refractivity contribution in [2.24, 2.45) is 0 Å². The fourth-order valence-electron chi connectivity index (χ4n) is 2.18. The summed E-state index contributed by atoms with van der Waals surface area (Å²) in [5.41, 5.74) is 0. The van der Waals surface area contributed by atoms with E-state index < -0.39 is 0 Å². The lowest BCUT2D eigenvalue weighted by Gasteiger charge is -2.24. The molecule has 1 aliphatic rings. The summed E-state index contributed by atoms with van der Waals surface area (Å²) in [6.45, 7) is 4.20. The number of aromatic nitrogens is 2. The van der Waals surface area contributed by atoms with Crippen molar-refractivity contribution in [2.45, 2.75) is 32.2 Å². The largest absolute Gasteiger partial charge is 0.394 e. The van der Waals surface area contributed by atoms with Gasteiger partial charge in [-0.2, -0.15) is 0 Å². The van der Waals surface area contributed by atoms with E-state index in [4.69, 9.17) is 0 Å². The molecule has 1 aliphatic heterocycles. The maximum atomic E-state index is 9.31. The molecule has 0 bridgehead atoms. The summed E-state index contributed by atoms with van der Waals surface area (Å²) >= 11 is 0. The summed E-state index contributed by atoms with van der Waals surface area (Å²) < 4.78 is 0. The number of nitrogens with one attached hydrogen (secondary N) is 1. The number of aliphatic hydroxyl groups excluding tert-OH is 1. The third-order valence-corrected chi connectivity index (χ3v) is 3.09. The van der Waals surface area contributed by atoms with Gasteiger partial charge in [0.2, 0.25) is 0 Å². The van der Waals surface area contributed by atoms with Crippen LogP contribution in [-0.4, -0.2) is 40.8 Å². The van der Waals surface area contributed by atoms with Crippen LogP contribution in [0.2, 0.25) is 0 Å². The first kappa shape index (κ1) is 12.1. The standard InChI is InChI=1S/C12H20N4O/c1-2-5-13-11-7-12(15-9-14-11)16-6-3-4-10(16)8-17/h7,9-10,17H,2-6,8H2,1H3,(H,13,14,15). The van der Waals surface area contributed by atoms with Crippen molar-refractivity contribution < 1.29 is 5.11 Å². The number of rotatable bonds is 5. The number of anilines is 2. The Kier molecular flexibility index (Phi) is 4.14. The van der Waals surface area contributed by atoms with Crippen LogP contribution in [0.4, 0.5) is 11.6 Å². The van der Waals surface area contributed by atoms with E-state index in [1.807, 2.05) is 6.07 Å². The maximum Gasteiger partial charge on any atom is 0.134 e. The molecule has 2 rings (SSSR count). The Labute approximate surface area is 102 Å². The van der Waals surface area contributed by atoms with E-state index in [1.165, 1.54) is 0 Å². The predicted molar refractivity (Wildman–Crippen MR) is 68.3 cm³/mol. The predicted octanol–water partition coefficient (Wildman–Crippen LogP) is 1.26. The van der Waals surface area contributed by atoms with Gasteiger partial charge in [0, 0.05) is 19.2 Å². The molecule has 0 aromatic carbocycles. The van der Waals surface area contributed by atoms with Gasteiger partial charge in [0.25, 0.3) is 0 Å². The molecule has 5 nitrogen and oxygen atoms in total. The Morgan fingerprint density at radius 2 is 2.41 bits per heavy atom. The SMILES string of the molecule is CCCNc1cc(N2CCCC2CO)ncn1. The van der Waals surface area contributed by atoms with Crippen LogP contribution in [0.3, 0.4) is 0 Å². The molecule has 1 unspecified atom stereocenters. The van der Waals surface area contributed by atoms with Crippen molar-refractivity contribution >= 4 is 11.6 Å². The third kappa shape index (κ3) is 2.85. The highest BCUT2D eigenvalue weighted by atomic mass is 16.3. The van der Waals surface area contributed by atoms with Crippen molar-refractivity contribution in [2.75, 3.05) is 29.9 Å². The molecule has 1 saturated heterocycles. The van der Waals surface area contributed by atoms with Crippen molar-refractivity contribution in [3.8, 4) is 0 Å². The highest BCUT2D eigenvalue weighted by Gasteiger charge is 2.24. The van der Waals surface area contributed by atoms with Crippen LogP contribution in [-0.2, 0) is 0 Å². The highest BCUT2D eigenvalue weighted by Crippen LogP contribution is 2.24. The van der Waals surface area contributed by atoms with Crippen molar-refractivity contribution in [3.63, 3.8) is 0 Å². The zero-order valence-electron chi connectivity index (χ0n) is 10.3. The van der Waals surface area contributed by atoms with Gasteiger partial charge in [-0.05, 0) is 19.3 Å². The van der Waals surface area contributed by atoms with E-state index in [9.17, 15) is 5.11 Å². The Morgan fingerprint density at radius 1 is 1.53 bits per heavy atom. The lowest BCUT2D eigenvalue weighted by Crippen LogP contribution is -2.32. The van der Waals surface area contributed by atoms with E-state index in [2.05, 4.69) is 27.1 Å². The average Bonchev–Trinajstić information content (AvgIpc) is 2.85. The van der Waals surface area contributed by atoms with E-state index in [0.717, 1.165) is 44.0 Å². The van der Waals surface area contributed by atoms with Crippen LogP contribution in [0.1, 0.15) is 26.2 Å². The second-order valence-electron chi connectivity index (χ2n) is 4.36. The van der Waals surface area contributed by atoms with Crippen molar-refractivity contribution in [1.29, 1.82) is 0 Å². The molecule has 17 heavy (non-hydrogen) atoms. The number of hydrogen-bond donors (Lipinski definition) is 2. The molecule has 94 valence electrons. The number of hydrogen-bond acceptors (Lipinski definition) is 5. The Hall–Kier alpha value is -1.36. The van der Waals surface area contributed by atoms with E-state index >= 15 is 0 Å². The van der Waals surface area contributed by atoms with Crippen LogP contribution >= 0.6 is 0 Å². The zero-order chi connectivity index (χ0) is 12.1. The minimum atomic E-state index is 0.196. The molecule has 5 heteroatoms. The maximum absolute atomic E-state index is 9.31. The second-order valence-corrected chi connectivity index (χ2v) is 4.36. The number of aliphatic hydroxyl groups is 1. The van der Waals surface area contributed by atoms with Gasteiger partial charge in [-0.25, -0.2) is 9.97 Å². The zero-order valence-corrected chi connectivity index (χ0v) is 10.3. The van der Waals surface area contributed by atoms with Crippen molar-refractivity contribution in [3.05, 3.63) is 12.4 Å². The first-order chi connectivity index (χ1) is 8.35. The first-order valence-corrected chi connectivity index (χ1v) is 6.28. The summed E-state index contributed by atoms with van der Waals surface area (Å²) in [7, 11) is 0. The normalized spacial score (nSPS) is 19.6. The van der Waals surface area contributed by atoms with Crippen LogP contribution in [0.15, 0.2) is 12.4 Å². The summed E-state index contributed by atoms with van der Waals surface area (Å²) in [5.74, 6) is 1.77. The smallest absolute Gasteiger partial charge is 0.134 e. The molecule has 0 amide bonds.